The Hall–Kier alpha value is -2.15. The minimum Gasteiger partial charge on any atom is -0.672 e. The molecule has 2 N–H and O–H groups in total. The fourth-order valence-electron chi connectivity index (χ4n) is 2.73. The molecule has 0 amide bonds. The molecule has 0 aliphatic rings. The third kappa shape index (κ3) is 9.72. The normalized spacial score (nSPS) is 13.2. The monoisotopic (exact) mass is 631 g/mol. The summed E-state index contributed by atoms with van der Waals surface area (Å²) in [4.78, 5) is 0.143. The smallest absolute Gasteiger partial charge is 0.672 e. The average molecular weight is 631 g/mol. The van der Waals surface area contributed by atoms with Gasteiger partial charge in [0.15, 0.2) is 0 Å². The van der Waals surface area contributed by atoms with E-state index in [4.69, 9.17) is 18.7 Å². The van der Waals surface area contributed by atoms with Gasteiger partial charge < -0.3 is 17.9 Å². The summed E-state index contributed by atoms with van der Waals surface area (Å²) in [5.74, 6) is 0. The predicted molar refractivity (Wildman–Crippen MR) is 128 cm³/mol. The van der Waals surface area contributed by atoms with Crippen LogP contribution in [0.15, 0.2) is 89.8 Å². The van der Waals surface area contributed by atoms with Crippen LogP contribution in [-0.2, 0) is 39.6 Å². The van der Waals surface area contributed by atoms with Crippen LogP contribution in [0.25, 0.3) is 10.5 Å². The zero-order valence-electron chi connectivity index (χ0n) is 19.1. The number of alkyl halides is 3. The molecule has 3 rings (SSSR count). The number of benzene rings is 3. The molecule has 197 valence electrons. The molecule has 2 atom stereocenters. The third-order valence-electron chi connectivity index (χ3n) is 4.48. The van der Waals surface area contributed by atoms with Crippen LogP contribution in [0.3, 0.4) is 0 Å². The van der Waals surface area contributed by atoms with Gasteiger partial charge in [0, 0.05) is 4.90 Å². The average Bonchev–Trinajstić information content (AvgIpc) is 2.78. The summed E-state index contributed by atoms with van der Waals surface area (Å²) in [6, 6.07) is 23.3. The van der Waals surface area contributed by atoms with Crippen LogP contribution in [0.2, 0.25) is 0 Å². The molecule has 36 heavy (non-hydrogen) atoms. The molecular formula is C23H24F3N2O5RuS2. The van der Waals surface area contributed by atoms with Crippen molar-refractivity contribution in [3.8, 4) is 0 Å². The Morgan fingerprint density at radius 1 is 0.806 bits per heavy atom. The Bertz CT molecular complexity index is 1270. The molecule has 2 unspecified atom stereocenters. The van der Waals surface area contributed by atoms with Crippen molar-refractivity contribution in [1.29, 1.82) is 0 Å². The summed E-state index contributed by atoms with van der Waals surface area (Å²) >= 11 is 0. The van der Waals surface area contributed by atoms with Crippen LogP contribution < -0.4 is 0 Å². The van der Waals surface area contributed by atoms with Gasteiger partial charge in [0.2, 0.25) is 0 Å². The zero-order chi connectivity index (χ0) is 25.6. The Morgan fingerprint density at radius 2 is 1.19 bits per heavy atom. The van der Waals surface area contributed by atoms with E-state index in [-0.39, 0.29) is 31.8 Å². The molecule has 0 aliphatic heterocycles. The van der Waals surface area contributed by atoms with Crippen molar-refractivity contribution in [2.75, 3.05) is 0 Å². The minimum absolute atomic E-state index is 0. The van der Waals surface area contributed by atoms with Gasteiger partial charge in [-0.25, -0.2) is 8.42 Å². The van der Waals surface area contributed by atoms with Gasteiger partial charge in [-0.15, -0.1) is 12.1 Å². The van der Waals surface area contributed by atoms with Gasteiger partial charge >= 0.3 is 35.1 Å². The maximum atomic E-state index is 12.8. The Morgan fingerprint density at radius 3 is 1.58 bits per heavy atom. The molecule has 7 nitrogen and oxygen atoms in total. The first-order chi connectivity index (χ1) is 15.7. The standard InChI is InChI=1S/C21H20N2O2S.CHF3O3S.CH3.Ru/c1-16-12-14-19(15-13-16)26(24,25)23-21(18-10-6-3-7-11-18)20(22)17-8-4-2-5-9-17;2-1(3,4)8(5,6)7;;/h2-15,20-22H,1H3;(H,5,6,7);1H3;/q-2;;-1;+3. The van der Waals surface area contributed by atoms with Crippen LogP contribution in [0.1, 0.15) is 28.8 Å². The second-order valence-corrected chi connectivity index (χ2v) is 10.1. The molecule has 0 fully saturated rings. The molecule has 1 radical (unpaired) electrons. The molecule has 3 aromatic rings. The van der Waals surface area contributed by atoms with E-state index in [0.717, 1.165) is 11.1 Å². The van der Waals surface area contributed by atoms with Gasteiger partial charge in [0.25, 0.3) is 0 Å². The molecule has 0 bridgehead atoms. The number of hydrogen-bond donors (Lipinski definition) is 1. The Kier molecular flexibility index (Phi) is 13.1. The van der Waals surface area contributed by atoms with Crippen molar-refractivity contribution in [3.63, 3.8) is 0 Å². The maximum Gasteiger partial charge on any atom is 3.00 e. The van der Waals surface area contributed by atoms with Crippen molar-refractivity contribution in [2.45, 2.75) is 29.4 Å². The van der Waals surface area contributed by atoms with E-state index in [2.05, 4.69) is 4.72 Å². The van der Waals surface area contributed by atoms with Crippen molar-refractivity contribution in [2.24, 2.45) is 0 Å². The third-order valence-corrected chi connectivity index (χ3v) is 6.44. The molecule has 0 heterocycles. The summed E-state index contributed by atoms with van der Waals surface area (Å²) in [6.45, 7) is 1.90. The first-order valence-corrected chi connectivity index (χ1v) is 12.5. The van der Waals surface area contributed by atoms with Gasteiger partial charge in [0.1, 0.15) is 10.0 Å². The van der Waals surface area contributed by atoms with E-state index in [1.54, 1.807) is 24.3 Å². The van der Waals surface area contributed by atoms with Crippen LogP contribution in [0, 0.1) is 14.4 Å². The number of halogens is 3. The molecule has 13 heteroatoms. The SMILES string of the molecule is Cc1ccc(S(=O)(=O)[N-]C(c2ccccc2)C([NH-])c2ccccc2)cc1.O=S(=O)(O)C(F)(F)F.[CH3-].[Ru+3]. The second-order valence-electron chi connectivity index (χ2n) is 7.06. The van der Waals surface area contributed by atoms with Gasteiger partial charge in [0.05, 0.1) is 0 Å². The Labute approximate surface area is 222 Å². The van der Waals surface area contributed by atoms with Crippen molar-refractivity contribution in [3.05, 3.63) is 120 Å². The number of aryl methyl sites for hydroxylation is 1. The van der Waals surface area contributed by atoms with Gasteiger partial charge in [-0.1, -0.05) is 89.5 Å². The maximum absolute atomic E-state index is 12.8. The fraction of sp³-hybridized carbons (Fsp3) is 0.174. The van der Waals surface area contributed by atoms with Gasteiger partial charge in [-0.3, -0.25) is 4.55 Å². The summed E-state index contributed by atoms with van der Waals surface area (Å²) in [5.41, 5.74) is 5.50. The van der Waals surface area contributed by atoms with Crippen molar-refractivity contribution in [1.82, 2.24) is 0 Å². The van der Waals surface area contributed by atoms with Crippen molar-refractivity contribution >= 4 is 20.1 Å². The molecule has 3 aromatic carbocycles. The van der Waals surface area contributed by atoms with Crippen LogP contribution in [0.5, 0.6) is 0 Å². The quantitative estimate of drug-likeness (QED) is 0.145. The first kappa shape index (κ1) is 33.9. The van der Waals surface area contributed by atoms with Crippen molar-refractivity contribution < 1.29 is 54.0 Å². The second kappa shape index (κ2) is 14.0. The van der Waals surface area contributed by atoms with Crippen LogP contribution >= 0.6 is 0 Å². The molecule has 0 spiro atoms. The topological polar surface area (TPSA) is 126 Å². The number of rotatable bonds is 6. The van der Waals surface area contributed by atoms with E-state index in [9.17, 15) is 21.6 Å². The van der Waals surface area contributed by atoms with E-state index in [0.29, 0.717) is 5.56 Å². The largest absolute Gasteiger partial charge is 3.00 e. The molecule has 0 saturated heterocycles. The van der Waals surface area contributed by atoms with E-state index >= 15 is 0 Å². The predicted octanol–water partition coefficient (Wildman–Crippen LogP) is 6.43. The van der Waals surface area contributed by atoms with E-state index < -0.39 is 37.7 Å². The Balaban J connectivity index is 0.00000107. The van der Waals surface area contributed by atoms with Gasteiger partial charge in [-0.2, -0.15) is 21.6 Å². The number of nitrogens with one attached hydrogen (secondary N) is 1. The molecular weight excluding hydrogens is 606 g/mol. The van der Waals surface area contributed by atoms with E-state index in [1.165, 1.54) is 0 Å². The van der Waals surface area contributed by atoms with Crippen LogP contribution in [0.4, 0.5) is 13.2 Å². The van der Waals surface area contributed by atoms with Crippen LogP contribution in [-0.4, -0.2) is 26.9 Å². The van der Waals surface area contributed by atoms with E-state index in [1.807, 2.05) is 67.6 Å². The molecule has 0 saturated carbocycles. The summed E-state index contributed by atoms with van der Waals surface area (Å²) in [5, 5.41) is 0. The van der Waals surface area contributed by atoms with Gasteiger partial charge in [-0.05, 0) is 19.1 Å². The summed E-state index contributed by atoms with van der Waals surface area (Å²) in [7, 11) is -9.71. The summed E-state index contributed by atoms with van der Waals surface area (Å²) < 4.78 is 87.3. The zero-order valence-corrected chi connectivity index (χ0v) is 22.4. The molecule has 0 aliphatic carbocycles. The minimum atomic E-state index is -5.84. The summed E-state index contributed by atoms with van der Waals surface area (Å²) in [6.07, 6.45) is 0. The first-order valence-electron chi connectivity index (χ1n) is 9.61. The molecule has 0 aromatic heterocycles. The number of sulfonamides is 1. The number of nitrogens with zero attached hydrogens (tertiary/aromatic N) is 1. The fourth-order valence-corrected chi connectivity index (χ4v) is 3.87. The number of hydrogen-bond acceptors (Lipinski definition) is 4.